The van der Waals surface area contributed by atoms with Gasteiger partial charge >= 0.3 is 0 Å². The van der Waals surface area contributed by atoms with Gasteiger partial charge in [0.15, 0.2) is 0 Å². The molecule has 2 heteroatoms. The second-order valence-corrected chi connectivity index (χ2v) is 8.64. The normalized spacial score (nSPS) is 11.6. The number of aryl methyl sites for hydroxylation is 3. The van der Waals surface area contributed by atoms with Crippen molar-refractivity contribution in [1.29, 1.82) is 0 Å². The molecule has 0 saturated carbocycles. The molecule has 0 saturated heterocycles. The van der Waals surface area contributed by atoms with Crippen LogP contribution in [0, 0.1) is 62.3 Å². The molecule has 0 unspecified atom stereocenters. The van der Waals surface area contributed by atoms with Gasteiger partial charge in [0.1, 0.15) is 11.7 Å². The number of benzene rings is 2. The average molecular weight is 353 g/mol. The maximum absolute atomic E-state index is 2.43. The lowest BCUT2D eigenvalue weighted by Crippen LogP contribution is -2.30. The summed E-state index contributed by atoms with van der Waals surface area (Å²) >= 11 is 1.96. The quantitative estimate of drug-likeness (QED) is 0.461. The van der Waals surface area contributed by atoms with Gasteiger partial charge < -0.3 is 0 Å². The summed E-state index contributed by atoms with van der Waals surface area (Å²) < 4.78 is 3.87. The molecule has 25 heavy (non-hydrogen) atoms. The van der Waals surface area contributed by atoms with Gasteiger partial charge in [0.05, 0.1) is 5.56 Å². The fourth-order valence-corrected chi connectivity index (χ4v) is 5.62. The van der Waals surface area contributed by atoms with Crippen LogP contribution in [-0.4, -0.2) is 0 Å². The zero-order valence-corrected chi connectivity index (χ0v) is 18.2. The summed E-state index contributed by atoms with van der Waals surface area (Å²) in [6.45, 7) is 20.4. The number of hydrogen-bond acceptors (Lipinski definition) is 1. The van der Waals surface area contributed by atoms with Gasteiger partial charge in [-0.05, 0) is 107 Å². The molecule has 0 aliphatic carbocycles. The van der Waals surface area contributed by atoms with E-state index in [4.69, 9.17) is 0 Å². The largest absolute Gasteiger partial charge is 0.270 e. The molecule has 0 aliphatic heterocycles. The molecule has 0 radical (unpaired) electrons. The highest BCUT2D eigenvalue weighted by molar-refractivity contribution is 7.21. The molecule has 132 valence electrons. The molecule has 3 aromatic rings. The average Bonchev–Trinajstić information content (AvgIpc) is 2.92. The lowest BCUT2D eigenvalue weighted by molar-refractivity contribution is -0.629. The highest BCUT2D eigenvalue weighted by Gasteiger charge is 2.28. The smallest absolute Gasteiger partial charge is 0.184 e. The zero-order valence-electron chi connectivity index (χ0n) is 17.4. The number of fused-ring (bicyclic) bond motifs is 1. The van der Waals surface area contributed by atoms with Crippen LogP contribution >= 0.6 is 11.3 Å². The van der Waals surface area contributed by atoms with Crippen molar-refractivity contribution in [1.82, 2.24) is 0 Å². The summed E-state index contributed by atoms with van der Waals surface area (Å²) in [5, 5.41) is 1.38. The van der Waals surface area contributed by atoms with Crippen LogP contribution in [0.4, 0.5) is 0 Å². The van der Waals surface area contributed by atoms with Crippen LogP contribution in [0.15, 0.2) is 0 Å². The first-order valence-electron chi connectivity index (χ1n) is 9.05. The van der Waals surface area contributed by atoms with Gasteiger partial charge in [-0.3, -0.25) is 0 Å². The third-order valence-corrected chi connectivity index (χ3v) is 8.03. The highest BCUT2D eigenvalue weighted by Crippen LogP contribution is 2.39. The van der Waals surface area contributed by atoms with Gasteiger partial charge in [-0.25, -0.2) is 0 Å². The molecule has 3 rings (SSSR count). The topological polar surface area (TPSA) is 3.88 Å². The zero-order chi connectivity index (χ0) is 18.8. The van der Waals surface area contributed by atoms with Crippen LogP contribution in [0.5, 0.6) is 0 Å². The van der Waals surface area contributed by atoms with Crippen LogP contribution in [0.25, 0.3) is 20.8 Å². The maximum atomic E-state index is 2.43. The Hall–Kier alpha value is -1.67. The Morgan fingerprint density at radius 2 is 0.920 bits per heavy atom. The number of nitrogens with zero attached hydrogens (tertiary/aromatic N) is 1. The Morgan fingerprint density at radius 3 is 1.44 bits per heavy atom. The Labute approximate surface area is 156 Å². The van der Waals surface area contributed by atoms with E-state index in [1.54, 1.807) is 0 Å². The lowest BCUT2D eigenvalue weighted by Gasteiger charge is -2.16. The summed E-state index contributed by atoms with van der Waals surface area (Å²) in [5.74, 6) is 0. The fourth-order valence-electron chi connectivity index (χ4n) is 4.09. The first-order valence-corrected chi connectivity index (χ1v) is 9.87. The minimum absolute atomic E-state index is 1.38. The van der Waals surface area contributed by atoms with Gasteiger partial charge in [-0.2, -0.15) is 4.57 Å². The number of hydrogen-bond donors (Lipinski definition) is 0. The Bertz CT molecular complexity index is 1010. The summed E-state index contributed by atoms with van der Waals surface area (Å²) in [7, 11) is 2.23. The Morgan fingerprint density at radius 1 is 0.520 bits per heavy atom. The van der Waals surface area contributed by atoms with Crippen molar-refractivity contribution < 1.29 is 4.57 Å². The van der Waals surface area contributed by atoms with E-state index in [0.717, 1.165) is 0 Å². The van der Waals surface area contributed by atoms with E-state index in [1.807, 2.05) is 11.3 Å². The van der Waals surface area contributed by atoms with Gasteiger partial charge in [-0.1, -0.05) is 11.3 Å². The molecular formula is C23H30NS+. The van der Waals surface area contributed by atoms with E-state index in [9.17, 15) is 0 Å². The van der Waals surface area contributed by atoms with Crippen LogP contribution in [0.1, 0.15) is 50.1 Å². The third kappa shape index (κ3) is 2.38. The summed E-state index contributed by atoms with van der Waals surface area (Å²) in [5.41, 5.74) is 15.7. The van der Waals surface area contributed by atoms with Crippen LogP contribution in [-0.2, 0) is 7.05 Å². The SMILES string of the molecule is Cc1c(C)c(C)c(-c2sc3c(C)c(C)c(C)c(C)c3[n+]2C)c(C)c1C. The van der Waals surface area contributed by atoms with Gasteiger partial charge in [0, 0.05) is 5.56 Å². The predicted molar refractivity (Wildman–Crippen MR) is 111 cm³/mol. The molecule has 1 heterocycles. The summed E-state index contributed by atoms with van der Waals surface area (Å²) in [4.78, 5) is 0. The first-order chi connectivity index (χ1) is 11.6. The van der Waals surface area contributed by atoms with Crippen molar-refractivity contribution in [3.05, 3.63) is 50.1 Å². The summed E-state index contributed by atoms with van der Waals surface area (Å²) in [6, 6.07) is 0. The minimum atomic E-state index is 1.38. The second kappa shape index (κ2) is 5.95. The number of rotatable bonds is 1. The van der Waals surface area contributed by atoms with Crippen molar-refractivity contribution in [3.63, 3.8) is 0 Å². The number of thiazole rings is 1. The molecule has 0 N–H and O–H groups in total. The second-order valence-electron chi connectivity index (χ2n) is 7.64. The van der Waals surface area contributed by atoms with Crippen molar-refractivity contribution in [2.24, 2.45) is 7.05 Å². The predicted octanol–water partition coefficient (Wildman–Crippen LogP) is 6.17. The van der Waals surface area contributed by atoms with E-state index in [1.165, 1.54) is 70.9 Å². The molecule has 2 aromatic carbocycles. The van der Waals surface area contributed by atoms with Gasteiger partial charge in [0.2, 0.25) is 5.52 Å². The van der Waals surface area contributed by atoms with E-state index in [2.05, 4.69) is 73.9 Å². The van der Waals surface area contributed by atoms with Crippen molar-refractivity contribution in [2.45, 2.75) is 62.3 Å². The van der Waals surface area contributed by atoms with Crippen molar-refractivity contribution in [3.8, 4) is 10.6 Å². The molecule has 0 bridgehead atoms. The Kier molecular flexibility index (Phi) is 4.31. The van der Waals surface area contributed by atoms with Crippen LogP contribution < -0.4 is 4.57 Å². The molecule has 0 spiro atoms. The maximum Gasteiger partial charge on any atom is 0.270 e. The highest BCUT2D eigenvalue weighted by atomic mass is 32.1. The molecule has 1 nitrogen and oxygen atoms in total. The van der Waals surface area contributed by atoms with Crippen LogP contribution in [0.2, 0.25) is 0 Å². The summed E-state index contributed by atoms with van der Waals surface area (Å²) in [6.07, 6.45) is 0. The van der Waals surface area contributed by atoms with E-state index in [0.29, 0.717) is 0 Å². The van der Waals surface area contributed by atoms with Crippen molar-refractivity contribution >= 4 is 21.6 Å². The van der Waals surface area contributed by atoms with E-state index >= 15 is 0 Å². The molecule has 0 fully saturated rings. The van der Waals surface area contributed by atoms with Crippen molar-refractivity contribution in [2.75, 3.05) is 0 Å². The molecule has 0 amide bonds. The van der Waals surface area contributed by atoms with E-state index < -0.39 is 0 Å². The fraction of sp³-hybridized carbons (Fsp3) is 0.435. The standard InChI is InChI=1S/C23H30NS/c1-11-12(2)16(6)20(17(7)13(11)3)23-24(10)21-18(8)14(4)15(5)19(9)22(21)25-23/h1-10H3/q+1. The monoisotopic (exact) mass is 352 g/mol. The Balaban J connectivity index is 2.50. The molecular weight excluding hydrogens is 322 g/mol. The van der Waals surface area contributed by atoms with Crippen LogP contribution in [0.3, 0.4) is 0 Å². The van der Waals surface area contributed by atoms with Gasteiger partial charge in [0.25, 0.3) is 5.01 Å². The van der Waals surface area contributed by atoms with E-state index in [-0.39, 0.29) is 0 Å². The molecule has 1 aromatic heterocycles. The molecule has 0 atom stereocenters. The molecule has 0 aliphatic rings. The first kappa shape index (κ1) is 18.1. The minimum Gasteiger partial charge on any atom is -0.184 e. The van der Waals surface area contributed by atoms with Gasteiger partial charge in [-0.15, -0.1) is 0 Å². The third-order valence-electron chi connectivity index (χ3n) is 6.65. The lowest BCUT2D eigenvalue weighted by atomic mass is 9.90. The number of aromatic nitrogens is 1.